The Morgan fingerprint density at radius 3 is 2.59 bits per heavy atom. The second-order valence-electron chi connectivity index (χ2n) is 11.1. The van der Waals surface area contributed by atoms with E-state index in [2.05, 4.69) is 24.4 Å². The van der Waals surface area contributed by atoms with Gasteiger partial charge in [-0.3, -0.25) is 4.79 Å². The normalized spacial score (nSPS) is 34.1. The van der Waals surface area contributed by atoms with Crippen LogP contribution in [0.5, 0.6) is 0 Å². The molecular weight excluding hydrogens is 400 g/mol. The predicted molar refractivity (Wildman–Crippen MR) is 130 cm³/mol. The number of hydrogen-bond acceptors (Lipinski definition) is 4. The van der Waals surface area contributed by atoms with Gasteiger partial charge in [-0.15, -0.1) is 0 Å². The first-order chi connectivity index (χ1) is 15.3. The minimum atomic E-state index is -0.391. The number of nitrogens with one attached hydrogen (secondary N) is 1. The van der Waals surface area contributed by atoms with Gasteiger partial charge in [-0.1, -0.05) is 43.1 Å². The van der Waals surface area contributed by atoms with Crippen LogP contribution in [0.15, 0.2) is 23.3 Å². The van der Waals surface area contributed by atoms with E-state index in [1.54, 1.807) is 5.57 Å². The average Bonchev–Trinajstić information content (AvgIpc) is 3.04. The zero-order valence-corrected chi connectivity index (χ0v) is 20.6. The van der Waals surface area contributed by atoms with E-state index in [1.807, 2.05) is 19.0 Å². The van der Waals surface area contributed by atoms with Crippen LogP contribution >= 0.6 is 0 Å². The lowest BCUT2D eigenvalue weighted by molar-refractivity contribution is -0.121. The Morgan fingerprint density at radius 1 is 1.12 bits per heavy atom. The van der Waals surface area contributed by atoms with Gasteiger partial charge in [0, 0.05) is 6.54 Å². The van der Waals surface area contributed by atoms with Crippen molar-refractivity contribution in [3.8, 4) is 0 Å². The Bertz CT molecular complexity index is 674. The third kappa shape index (κ3) is 6.91. The van der Waals surface area contributed by atoms with Gasteiger partial charge in [-0.05, 0) is 95.6 Å². The first-order valence-electron chi connectivity index (χ1n) is 12.9. The highest BCUT2D eigenvalue weighted by atomic mass is 16.3. The number of fused-ring (bicyclic) bond motifs is 1. The number of carbonyl (C=O) groups excluding carboxylic acids is 1. The Hall–Kier alpha value is -1.17. The lowest BCUT2D eigenvalue weighted by atomic mass is 9.62. The van der Waals surface area contributed by atoms with Gasteiger partial charge in [-0.2, -0.15) is 0 Å². The van der Waals surface area contributed by atoms with E-state index in [-0.39, 0.29) is 5.91 Å². The van der Waals surface area contributed by atoms with Crippen molar-refractivity contribution in [1.82, 2.24) is 10.2 Å². The van der Waals surface area contributed by atoms with E-state index < -0.39 is 12.2 Å². The van der Waals surface area contributed by atoms with E-state index >= 15 is 0 Å². The van der Waals surface area contributed by atoms with E-state index in [0.717, 1.165) is 18.9 Å². The zero-order valence-electron chi connectivity index (χ0n) is 20.6. The highest BCUT2D eigenvalue weighted by molar-refractivity contribution is 5.77. The molecule has 0 spiro atoms. The number of unbranched alkanes of at least 4 members (excludes halogenated alkanes) is 2. The van der Waals surface area contributed by atoms with Crippen LogP contribution in [0.2, 0.25) is 0 Å². The SMILES string of the molecule is CN(C)CC(=O)NCCCCC[C@H]1CC[C@H]2/C(=C/C=C3C[C@@H](O)C[C@H](O)C3)CCCC12C. The second-order valence-corrected chi connectivity index (χ2v) is 11.1. The van der Waals surface area contributed by atoms with Gasteiger partial charge >= 0.3 is 0 Å². The number of allylic oxidation sites excluding steroid dienone is 3. The summed E-state index contributed by atoms with van der Waals surface area (Å²) in [5, 5.41) is 23.0. The average molecular weight is 447 g/mol. The second kappa shape index (κ2) is 11.8. The maximum Gasteiger partial charge on any atom is 0.234 e. The van der Waals surface area contributed by atoms with Gasteiger partial charge < -0.3 is 20.4 Å². The molecule has 3 rings (SSSR count). The van der Waals surface area contributed by atoms with Gasteiger partial charge in [0.05, 0.1) is 18.8 Å². The van der Waals surface area contributed by atoms with Gasteiger partial charge in [-0.25, -0.2) is 0 Å². The molecule has 1 amide bonds. The van der Waals surface area contributed by atoms with Crippen molar-refractivity contribution in [1.29, 1.82) is 0 Å². The van der Waals surface area contributed by atoms with Gasteiger partial charge in [0.1, 0.15) is 0 Å². The highest BCUT2D eigenvalue weighted by Crippen LogP contribution is 2.58. The Labute approximate surface area is 195 Å². The van der Waals surface area contributed by atoms with Crippen LogP contribution in [-0.2, 0) is 4.79 Å². The number of likely N-dealkylation sites (N-methyl/N-ethyl adjacent to an activating group) is 1. The molecule has 182 valence electrons. The molecule has 0 heterocycles. The maximum absolute atomic E-state index is 11.7. The van der Waals surface area contributed by atoms with E-state index in [0.29, 0.717) is 37.1 Å². The minimum absolute atomic E-state index is 0.120. The van der Waals surface area contributed by atoms with E-state index in [9.17, 15) is 15.0 Å². The summed E-state index contributed by atoms with van der Waals surface area (Å²) < 4.78 is 0. The lowest BCUT2D eigenvalue weighted by Gasteiger charge is -2.42. The largest absolute Gasteiger partial charge is 0.393 e. The van der Waals surface area contributed by atoms with E-state index in [4.69, 9.17) is 0 Å². The molecular formula is C27H46N2O3. The Morgan fingerprint density at radius 2 is 1.88 bits per heavy atom. The minimum Gasteiger partial charge on any atom is -0.393 e. The molecule has 0 aliphatic heterocycles. The number of nitrogens with zero attached hydrogens (tertiary/aromatic N) is 1. The molecule has 5 nitrogen and oxygen atoms in total. The number of aliphatic hydroxyl groups excluding tert-OH is 2. The number of carbonyl (C=O) groups is 1. The van der Waals surface area contributed by atoms with E-state index in [1.165, 1.54) is 56.9 Å². The van der Waals surface area contributed by atoms with Crippen LogP contribution in [0.3, 0.4) is 0 Å². The molecule has 0 aromatic carbocycles. The highest BCUT2D eigenvalue weighted by Gasteiger charge is 2.48. The summed E-state index contributed by atoms with van der Waals surface area (Å²) in [5.41, 5.74) is 3.23. The third-order valence-corrected chi connectivity index (χ3v) is 8.25. The fourth-order valence-corrected chi connectivity index (χ4v) is 6.61. The van der Waals surface area contributed by atoms with Crippen molar-refractivity contribution in [2.75, 3.05) is 27.2 Å². The molecule has 3 aliphatic rings. The van der Waals surface area contributed by atoms with Crippen molar-refractivity contribution < 1.29 is 15.0 Å². The summed E-state index contributed by atoms with van der Waals surface area (Å²) in [7, 11) is 3.84. The fraction of sp³-hybridized carbons (Fsp3) is 0.815. The molecule has 0 saturated heterocycles. The summed E-state index contributed by atoms with van der Waals surface area (Å²) in [4.78, 5) is 13.6. The van der Waals surface area contributed by atoms with Crippen molar-refractivity contribution in [2.24, 2.45) is 17.3 Å². The molecule has 5 heteroatoms. The van der Waals surface area contributed by atoms with Crippen LogP contribution in [-0.4, -0.2) is 60.4 Å². The molecule has 0 radical (unpaired) electrons. The quantitative estimate of drug-likeness (QED) is 0.464. The lowest BCUT2D eigenvalue weighted by Crippen LogP contribution is -2.34. The number of rotatable bonds is 9. The standard InChI is InChI=1S/C27H46N2O3/c1-27-14-7-8-21(11-10-20-16-23(30)18-24(31)17-20)25(27)13-12-22(27)9-5-4-6-15-28-26(32)19-29(2)3/h10-11,22-25,30-31H,4-9,12-19H2,1-3H3,(H,28,32)/b21-11+/t22-,23+,24+,25-,27?/m0/s1. The summed E-state index contributed by atoms with van der Waals surface area (Å²) in [6, 6.07) is 0. The van der Waals surface area contributed by atoms with Gasteiger partial charge in [0.25, 0.3) is 0 Å². The smallest absolute Gasteiger partial charge is 0.234 e. The molecule has 0 bridgehead atoms. The number of amides is 1. The van der Waals surface area contributed by atoms with Crippen LogP contribution in [0.4, 0.5) is 0 Å². The molecule has 3 saturated carbocycles. The molecule has 0 aromatic heterocycles. The number of aliphatic hydroxyl groups is 2. The van der Waals surface area contributed by atoms with Crippen molar-refractivity contribution in [3.63, 3.8) is 0 Å². The van der Waals surface area contributed by atoms with Crippen LogP contribution in [0.25, 0.3) is 0 Å². The topological polar surface area (TPSA) is 72.8 Å². The number of hydrogen-bond donors (Lipinski definition) is 3. The zero-order chi connectivity index (χ0) is 23.1. The van der Waals surface area contributed by atoms with Gasteiger partial charge in [0.2, 0.25) is 5.91 Å². The molecule has 1 unspecified atom stereocenters. The molecule has 3 aliphatic carbocycles. The first-order valence-corrected chi connectivity index (χ1v) is 12.9. The van der Waals surface area contributed by atoms with Crippen molar-refractivity contribution >= 4 is 5.91 Å². The maximum atomic E-state index is 11.7. The third-order valence-electron chi connectivity index (χ3n) is 8.25. The summed E-state index contributed by atoms with van der Waals surface area (Å²) in [6.07, 6.45) is 17.0. The van der Waals surface area contributed by atoms with Crippen molar-refractivity contribution in [3.05, 3.63) is 23.3 Å². The molecule has 5 atom stereocenters. The fourth-order valence-electron chi connectivity index (χ4n) is 6.61. The molecule has 3 N–H and O–H groups in total. The summed E-state index contributed by atoms with van der Waals surface area (Å²) in [5.74, 6) is 1.63. The molecule has 0 aromatic rings. The van der Waals surface area contributed by atoms with Gasteiger partial charge in [0.15, 0.2) is 0 Å². The Kier molecular flexibility index (Phi) is 9.39. The molecule has 3 fully saturated rings. The first kappa shape index (κ1) is 25.5. The summed E-state index contributed by atoms with van der Waals surface area (Å²) >= 11 is 0. The molecule has 32 heavy (non-hydrogen) atoms. The Balaban J connectivity index is 1.46. The summed E-state index contributed by atoms with van der Waals surface area (Å²) in [6.45, 7) is 3.79. The van der Waals surface area contributed by atoms with Crippen LogP contribution in [0.1, 0.15) is 84.0 Å². The monoisotopic (exact) mass is 446 g/mol. The predicted octanol–water partition coefficient (Wildman–Crippen LogP) is 4.20. The van der Waals surface area contributed by atoms with Crippen LogP contribution in [0, 0.1) is 17.3 Å². The van der Waals surface area contributed by atoms with Crippen molar-refractivity contribution in [2.45, 2.75) is 96.2 Å². The van der Waals surface area contributed by atoms with Crippen LogP contribution < -0.4 is 5.32 Å².